The first-order valence-corrected chi connectivity index (χ1v) is 4.13. The van der Waals surface area contributed by atoms with Gasteiger partial charge in [-0.2, -0.15) is 0 Å². The van der Waals surface area contributed by atoms with Crippen molar-refractivity contribution in [2.75, 3.05) is 0 Å². The summed E-state index contributed by atoms with van der Waals surface area (Å²) in [5.41, 5.74) is 0. The van der Waals surface area contributed by atoms with Crippen molar-refractivity contribution < 1.29 is 14.3 Å². The Labute approximate surface area is 76.6 Å². The second-order valence-electron chi connectivity index (χ2n) is 2.96. The number of carboxylic acids is 1. The average molecular weight is 183 g/mol. The normalized spacial score (nSPS) is 15.2. The molecule has 1 heterocycles. The maximum Gasteiger partial charge on any atom is 0.320 e. The number of hydrogen-bond acceptors (Lipinski definition) is 3. The first kappa shape index (κ1) is 9.80. The summed E-state index contributed by atoms with van der Waals surface area (Å²) in [5.74, 6) is -0.119. The Morgan fingerprint density at radius 3 is 2.77 bits per heavy atom. The molecule has 1 unspecified atom stereocenters. The molecule has 0 radical (unpaired) electrons. The summed E-state index contributed by atoms with van der Waals surface area (Å²) in [6.45, 7) is 3.46. The molecular weight excluding hydrogens is 170 g/mol. The zero-order chi connectivity index (χ0) is 9.84. The fraction of sp³-hybridized carbons (Fsp3) is 0.444. The molecule has 1 rings (SSSR count). The fourth-order valence-electron chi connectivity index (χ4n) is 1.07. The van der Waals surface area contributed by atoms with E-state index >= 15 is 0 Å². The van der Waals surface area contributed by atoms with E-state index in [1.54, 1.807) is 19.3 Å². The van der Waals surface area contributed by atoms with Crippen molar-refractivity contribution in [3.63, 3.8) is 0 Å². The van der Waals surface area contributed by atoms with E-state index in [1.807, 2.05) is 13.0 Å². The number of rotatable bonds is 4. The molecule has 1 aromatic heterocycles. The molecule has 0 saturated heterocycles. The van der Waals surface area contributed by atoms with Gasteiger partial charge >= 0.3 is 5.97 Å². The molecule has 0 saturated carbocycles. The monoisotopic (exact) mass is 183 g/mol. The van der Waals surface area contributed by atoms with Gasteiger partial charge in [0.1, 0.15) is 11.8 Å². The zero-order valence-corrected chi connectivity index (χ0v) is 7.65. The molecule has 4 nitrogen and oxygen atoms in total. The van der Waals surface area contributed by atoms with E-state index in [-0.39, 0.29) is 6.04 Å². The lowest BCUT2D eigenvalue weighted by molar-refractivity contribution is -0.139. The molecule has 72 valence electrons. The molecule has 0 amide bonds. The molecule has 4 heteroatoms. The van der Waals surface area contributed by atoms with Crippen molar-refractivity contribution in [3.05, 3.63) is 24.2 Å². The molecule has 2 N–H and O–H groups in total. The van der Waals surface area contributed by atoms with E-state index in [2.05, 4.69) is 5.32 Å². The van der Waals surface area contributed by atoms with Gasteiger partial charge in [0.25, 0.3) is 0 Å². The molecule has 1 aromatic rings. The average Bonchev–Trinajstić information content (AvgIpc) is 2.55. The highest BCUT2D eigenvalue weighted by molar-refractivity contribution is 5.72. The van der Waals surface area contributed by atoms with Crippen LogP contribution in [-0.2, 0) is 4.79 Å². The van der Waals surface area contributed by atoms with Crippen LogP contribution >= 0.6 is 0 Å². The van der Waals surface area contributed by atoms with Crippen LogP contribution in [-0.4, -0.2) is 17.1 Å². The summed E-state index contributed by atoms with van der Waals surface area (Å²) in [6, 6.07) is 2.94. The molecule has 0 aliphatic carbocycles. The summed E-state index contributed by atoms with van der Waals surface area (Å²) in [4.78, 5) is 10.5. The van der Waals surface area contributed by atoms with Crippen molar-refractivity contribution in [1.82, 2.24) is 5.32 Å². The smallest absolute Gasteiger partial charge is 0.320 e. The molecule has 0 spiro atoms. The van der Waals surface area contributed by atoms with E-state index in [1.165, 1.54) is 0 Å². The summed E-state index contributed by atoms with van der Waals surface area (Å²) in [7, 11) is 0. The molecule has 2 atom stereocenters. The topological polar surface area (TPSA) is 62.5 Å². The van der Waals surface area contributed by atoms with Crippen LogP contribution in [0.3, 0.4) is 0 Å². The van der Waals surface area contributed by atoms with E-state index in [9.17, 15) is 4.79 Å². The van der Waals surface area contributed by atoms with Gasteiger partial charge < -0.3 is 9.52 Å². The third kappa shape index (κ3) is 2.59. The van der Waals surface area contributed by atoms with E-state index in [0.29, 0.717) is 0 Å². The lowest BCUT2D eigenvalue weighted by Gasteiger charge is -2.14. The Morgan fingerprint density at radius 1 is 1.62 bits per heavy atom. The Balaban J connectivity index is 2.51. The first-order valence-electron chi connectivity index (χ1n) is 4.13. The van der Waals surface area contributed by atoms with Gasteiger partial charge in [0.2, 0.25) is 0 Å². The number of furan rings is 1. The Bertz CT molecular complexity index is 268. The number of aliphatic carboxylic acids is 1. The fourth-order valence-corrected chi connectivity index (χ4v) is 1.07. The maximum absolute atomic E-state index is 10.5. The minimum absolute atomic E-state index is 0.0823. The summed E-state index contributed by atoms with van der Waals surface area (Å²) >= 11 is 0. The minimum atomic E-state index is -0.863. The molecular formula is C9H13NO3. The third-order valence-corrected chi connectivity index (χ3v) is 1.84. The van der Waals surface area contributed by atoms with Crippen molar-refractivity contribution >= 4 is 5.97 Å². The Kier molecular flexibility index (Phi) is 3.08. The summed E-state index contributed by atoms with van der Waals surface area (Å²) in [5, 5.41) is 11.5. The van der Waals surface area contributed by atoms with Gasteiger partial charge in [0.15, 0.2) is 0 Å². The van der Waals surface area contributed by atoms with Crippen LogP contribution in [0.25, 0.3) is 0 Å². The van der Waals surface area contributed by atoms with Crippen LogP contribution < -0.4 is 5.32 Å². The first-order chi connectivity index (χ1) is 6.11. The highest BCUT2D eigenvalue weighted by Crippen LogP contribution is 2.12. The van der Waals surface area contributed by atoms with Crippen molar-refractivity contribution in [1.29, 1.82) is 0 Å². The Hall–Kier alpha value is -1.29. The predicted octanol–water partition coefficient (Wildman–Crippen LogP) is 1.40. The van der Waals surface area contributed by atoms with Gasteiger partial charge in [-0.3, -0.25) is 10.1 Å². The van der Waals surface area contributed by atoms with Crippen LogP contribution in [0, 0.1) is 0 Å². The predicted molar refractivity (Wildman–Crippen MR) is 47.4 cm³/mol. The zero-order valence-electron chi connectivity index (χ0n) is 7.65. The number of carboxylic acid groups (broad SMARTS) is 1. The number of carbonyl (C=O) groups is 1. The summed E-state index contributed by atoms with van der Waals surface area (Å²) in [6.07, 6.45) is 1.57. The second kappa shape index (κ2) is 4.09. The lowest BCUT2D eigenvalue weighted by atomic mass is 10.2. The van der Waals surface area contributed by atoms with Crippen molar-refractivity contribution in [2.24, 2.45) is 0 Å². The van der Waals surface area contributed by atoms with Crippen LogP contribution in [0.5, 0.6) is 0 Å². The van der Waals surface area contributed by atoms with Gasteiger partial charge in [-0.15, -0.1) is 0 Å². The van der Waals surface area contributed by atoms with Gasteiger partial charge in [-0.05, 0) is 26.0 Å². The van der Waals surface area contributed by atoms with Crippen molar-refractivity contribution in [3.8, 4) is 0 Å². The SMILES string of the molecule is CC(N[C@H](C)c1ccco1)C(=O)O. The Morgan fingerprint density at radius 2 is 2.31 bits per heavy atom. The number of nitrogens with one attached hydrogen (secondary N) is 1. The highest BCUT2D eigenvalue weighted by Gasteiger charge is 2.15. The van der Waals surface area contributed by atoms with Crippen LogP contribution in [0.1, 0.15) is 25.6 Å². The maximum atomic E-state index is 10.5. The van der Waals surface area contributed by atoms with E-state index in [0.717, 1.165) is 5.76 Å². The van der Waals surface area contributed by atoms with Crippen LogP contribution in [0.15, 0.2) is 22.8 Å². The quantitative estimate of drug-likeness (QED) is 0.740. The second-order valence-corrected chi connectivity index (χ2v) is 2.96. The molecule has 13 heavy (non-hydrogen) atoms. The standard InChI is InChI=1S/C9H13NO3/c1-6(8-4-3-5-13-8)10-7(2)9(11)12/h3-7,10H,1-2H3,(H,11,12)/t6-,7?/m1/s1. The molecule has 0 fully saturated rings. The van der Waals surface area contributed by atoms with Crippen LogP contribution in [0.2, 0.25) is 0 Å². The van der Waals surface area contributed by atoms with E-state index < -0.39 is 12.0 Å². The van der Waals surface area contributed by atoms with Crippen molar-refractivity contribution in [2.45, 2.75) is 25.9 Å². The molecule has 0 bridgehead atoms. The van der Waals surface area contributed by atoms with Gasteiger partial charge in [-0.25, -0.2) is 0 Å². The number of hydrogen-bond donors (Lipinski definition) is 2. The van der Waals surface area contributed by atoms with Gasteiger partial charge in [0.05, 0.1) is 12.3 Å². The minimum Gasteiger partial charge on any atom is -0.480 e. The lowest BCUT2D eigenvalue weighted by Crippen LogP contribution is -2.35. The third-order valence-electron chi connectivity index (χ3n) is 1.84. The summed E-state index contributed by atoms with van der Waals surface area (Å²) < 4.78 is 5.12. The molecule has 0 aliphatic rings. The molecule has 0 aromatic carbocycles. The highest BCUT2D eigenvalue weighted by atomic mass is 16.4. The molecule has 0 aliphatic heterocycles. The van der Waals surface area contributed by atoms with Crippen LogP contribution in [0.4, 0.5) is 0 Å². The largest absolute Gasteiger partial charge is 0.480 e. The van der Waals surface area contributed by atoms with Gasteiger partial charge in [0, 0.05) is 0 Å². The van der Waals surface area contributed by atoms with Gasteiger partial charge in [-0.1, -0.05) is 0 Å². The van der Waals surface area contributed by atoms with E-state index in [4.69, 9.17) is 9.52 Å².